The maximum absolute atomic E-state index is 13.2. The van der Waals surface area contributed by atoms with Crippen LogP contribution >= 0.6 is 0 Å². The van der Waals surface area contributed by atoms with Crippen LogP contribution in [0.5, 0.6) is 0 Å². The number of carbonyl (C=O) groups excluding carboxylic acids is 1. The lowest BCUT2D eigenvalue weighted by atomic mass is 9.98. The maximum atomic E-state index is 13.2. The summed E-state index contributed by atoms with van der Waals surface area (Å²) in [6.45, 7) is 6.18. The van der Waals surface area contributed by atoms with E-state index in [4.69, 9.17) is 0 Å². The fraction of sp³-hybridized carbons (Fsp3) is 0.650. The van der Waals surface area contributed by atoms with Crippen LogP contribution in [0.15, 0.2) is 23.1 Å². The number of nitrogens with zero attached hydrogens (tertiary/aromatic N) is 2. The van der Waals surface area contributed by atoms with Gasteiger partial charge >= 0.3 is 0 Å². The summed E-state index contributed by atoms with van der Waals surface area (Å²) in [7, 11) is -3.56. The van der Waals surface area contributed by atoms with Gasteiger partial charge in [-0.3, -0.25) is 4.79 Å². The Morgan fingerprint density at radius 1 is 1.00 bits per heavy atom. The average molecular weight is 379 g/mol. The second-order valence-corrected chi connectivity index (χ2v) is 9.62. The Hall–Kier alpha value is -1.40. The molecule has 2 aliphatic heterocycles. The Morgan fingerprint density at radius 3 is 2.38 bits per heavy atom. The second-order valence-electron chi connectivity index (χ2n) is 7.71. The summed E-state index contributed by atoms with van der Waals surface area (Å²) < 4.78 is 27.8. The first-order valence-electron chi connectivity index (χ1n) is 9.76. The molecule has 26 heavy (non-hydrogen) atoms. The maximum Gasteiger partial charge on any atom is 0.243 e. The molecule has 1 aromatic carbocycles. The number of benzene rings is 1. The van der Waals surface area contributed by atoms with Crippen molar-refractivity contribution in [3.05, 3.63) is 29.3 Å². The molecule has 0 saturated carbocycles. The predicted molar refractivity (Wildman–Crippen MR) is 102 cm³/mol. The molecule has 0 radical (unpaired) electrons. The van der Waals surface area contributed by atoms with Gasteiger partial charge in [0.2, 0.25) is 15.9 Å². The second kappa shape index (κ2) is 8.09. The zero-order chi connectivity index (χ0) is 18.7. The van der Waals surface area contributed by atoms with E-state index in [2.05, 4.69) is 0 Å². The molecule has 0 unspecified atom stereocenters. The van der Waals surface area contributed by atoms with Crippen molar-refractivity contribution < 1.29 is 13.2 Å². The first kappa shape index (κ1) is 19.4. The predicted octanol–water partition coefficient (Wildman–Crippen LogP) is 3.11. The summed E-state index contributed by atoms with van der Waals surface area (Å²) in [5, 5.41) is 0. The lowest BCUT2D eigenvalue weighted by Gasteiger charge is -2.34. The zero-order valence-corrected chi connectivity index (χ0v) is 16.7. The highest BCUT2D eigenvalue weighted by Crippen LogP contribution is 2.27. The minimum absolute atomic E-state index is 0.146. The van der Waals surface area contributed by atoms with Gasteiger partial charge in [0.05, 0.1) is 10.8 Å². The number of carbonyl (C=O) groups is 1. The molecule has 0 bridgehead atoms. The molecule has 1 amide bonds. The van der Waals surface area contributed by atoms with E-state index in [9.17, 15) is 13.2 Å². The molecule has 5 nitrogen and oxygen atoms in total. The fourth-order valence-electron chi connectivity index (χ4n) is 4.04. The van der Waals surface area contributed by atoms with E-state index < -0.39 is 10.0 Å². The Balaban J connectivity index is 1.77. The van der Waals surface area contributed by atoms with Crippen LogP contribution in [0.4, 0.5) is 0 Å². The highest BCUT2D eigenvalue weighted by molar-refractivity contribution is 7.89. The zero-order valence-electron chi connectivity index (χ0n) is 15.9. The van der Waals surface area contributed by atoms with Crippen LogP contribution in [-0.4, -0.2) is 49.7 Å². The first-order valence-corrected chi connectivity index (χ1v) is 11.2. The Labute approximate surface area is 157 Å². The standard InChI is InChI=1S/C20H30N2O3S/c1-16-9-10-17(2)19(14-16)26(24,25)22-13-7-8-18(15-22)20(23)21-11-5-3-4-6-12-21/h9-10,14,18H,3-8,11-13,15H2,1-2H3/t18-/m1/s1. The average Bonchev–Trinajstić information content (AvgIpc) is 2.92. The van der Waals surface area contributed by atoms with Crippen molar-refractivity contribution in [2.24, 2.45) is 5.92 Å². The lowest BCUT2D eigenvalue weighted by molar-refractivity contribution is -0.136. The van der Waals surface area contributed by atoms with Crippen LogP contribution in [-0.2, 0) is 14.8 Å². The van der Waals surface area contributed by atoms with Crippen molar-refractivity contribution >= 4 is 15.9 Å². The summed E-state index contributed by atoms with van der Waals surface area (Å²) in [6, 6.07) is 5.52. The molecule has 144 valence electrons. The van der Waals surface area contributed by atoms with Gasteiger partial charge in [0.1, 0.15) is 0 Å². The van der Waals surface area contributed by atoms with E-state index in [1.807, 2.05) is 30.9 Å². The number of piperidine rings is 1. The normalized spacial score (nSPS) is 22.8. The number of amides is 1. The van der Waals surface area contributed by atoms with Crippen molar-refractivity contribution in [3.8, 4) is 0 Å². The van der Waals surface area contributed by atoms with Crippen LogP contribution in [0.2, 0.25) is 0 Å². The molecule has 0 aromatic heterocycles. The molecule has 2 saturated heterocycles. The van der Waals surface area contributed by atoms with E-state index in [1.165, 1.54) is 17.1 Å². The number of likely N-dealkylation sites (tertiary alicyclic amines) is 1. The molecule has 2 heterocycles. The van der Waals surface area contributed by atoms with Crippen molar-refractivity contribution in [3.63, 3.8) is 0 Å². The van der Waals surface area contributed by atoms with Gasteiger partial charge in [-0.05, 0) is 56.7 Å². The third-order valence-electron chi connectivity index (χ3n) is 5.61. The largest absolute Gasteiger partial charge is 0.342 e. The van der Waals surface area contributed by atoms with Gasteiger partial charge in [0.15, 0.2) is 0 Å². The molecule has 6 heteroatoms. The highest BCUT2D eigenvalue weighted by Gasteiger charge is 2.35. The molecule has 3 rings (SSSR count). The highest BCUT2D eigenvalue weighted by atomic mass is 32.2. The van der Waals surface area contributed by atoms with Crippen molar-refractivity contribution in [1.82, 2.24) is 9.21 Å². The minimum atomic E-state index is -3.56. The van der Waals surface area contributed by atoms with E-state index in [0.717, 1.165) is 49.9 Å². The number of hydrogen-bond acceptors (Lipinski definition) is 3. The Bertz CT molecular complexity index is 752. The van der Waals surface area contributed by atoms with E-state index >= 15 is 0 Å². The third-order valence-corrected chi connectivity index (χ3v) is 7.62. The van der Waals surface area contributed by atoms with E-state index in [0.29, 0.717) is 18.0 Å². The third kappa shape index (κ3) is 4.12. The molecular formula is C20H30N2O3S. The molecular weight excluding hydrogens is 348 g/mol. The van der Waals surface area contributed by atoms with E-state index in [-0.39, 0.29) is 11.8 Å². The van der Waals surface area contributed by atoms with E-state index in [1.54, 1.807) is 6.07 Å². The molecule has 0 spiro atoms. The van der Waals surface area contributed by atoms with Crippen LogP contribution in [0.3, 0.4) is 0 Å². The van der Waals surface area contributed by atoms with Gasteiger partial charge in [-0.1, -0.05) is 25.0 Å². The number of rotatable bonds is 3. The minimum Gasteiger partial charge on any atom is -0.342 e. The van der Waals surface area contributed by atoms with Crippen LogP contribution in [0, 0.1) is 19.8 Å². The topological polar surface area (TPSA) is 57.7 Å². The summed E-state index contributed by atoms with van der Waals surface area (Å²) in [6.07, 6.45) is 6.01. The van der Waals surface area contributed by atoms with Crippen LogP contribution in [0.25, 0.3) is 0 Å². The monoisotopic (exact) mass is 378 g/mol. The molecule has 0 aliphatic carbocycles. The van der Waals surface area contributed by atoms with Crippen LogP contribution in [0.1, 0.15) is 49.7 Å². The Morgan fingerprint density at radius 2 is 1.69 bits per heavy atom. The van der Waals surface area contributed by atoms with Gasteiger partial charge in [-0.2, -0.15) is 4.31 Å². The lowest BCUT2D eigenvalue weighted by Crippen LogP contribution is -2.47. The van der Waals surface area contributed by atoms with Crippen LogP contribution < -0.4 is 0 Å². The fourth-order valence-corrected chi connectivity index (χ4v) is 5.87. The quantitative estimate of drug-likeness (QED) is 0.812. The SMILES string of the molecule is Cc1ccc(C)c(S(=O)(=O)N2CCC[C@@H](C(=O)N3CCCCCC3)C2)c1. The summed E-state index contributed by atoms with van der Waals surface area (Å²) in [5.74, 6) is -0.0606. The van der Waals surface area contributed by atoms with Gasteiger partial charge in [0, 0.05) is 26.2 Å². The molecule has 1 atom stereocenters. The molecule has 2 fully saturated rings. The summed E-state index contributed by atoms with van der Waals surface area (Å²) in [5.41, 5.74) is 1.69. The van der Waals surface area contributed by atoms with Crippen molar-refractivity contribution in [1.29, 1.82) is 0 Å². The van der Waals surface area contributed by atoms with Gasteiger partial charge in [-0.15, -0.1) is 0 Å². The molecule has 0 N–H and O–H groups in total. The van der Waals surface area contributed by atoms with Gasteiger partial charge < -0.3 is 4.90 Å². The van der Waals surface area contributed by atoms with Crippen molar-refractivity contribution in [2.45, 2.75) is 57.3 Å². The van der Waals surface area contributed by atoms with Gasteiger partial charge in [-0.25, -0.2) is 8.42 Å². The van der Waals surface area contributed by atoms with Gasteiger partial charge in [0.25, 0.3) is 0 Å². The number of sulfonamides is 1. The first-order chi connectivity index (χ1) is 12.4. The molecule has 1 aromatic rings. The number of aryl methyl sites for hydroxylation is 2. The van der Waals surface area contributed by atoms with Crippen molar-refractivity contribution in [2.75, 3.05) is 26.2 Å². The summed E-state index contributed by atoms with van der Waals surface area (Å²) in [4.78, 5) is 15.3. The smallest absolute Gasteiger partial charge is 0.243 e. The Kier molecular flexibility index (Phi) is 6.03. The number of hydrogen-bond donors (Lipinski definition) is 0. The summed E-state index contributed by atoms with van der Waals surface area (Å²) >= 11 is 0. The molecule has 2 aliphatic rings.